The van der Waals surface area contributed by atoms with Crippen LogP contribution in [0.15, 0.2) is 12.1 Å². The van der Waals surface area contributed by atoms with Crippen LogP contribution in [0.25, 0.3) is 0 Å². The molecule has 4 heteroatoms. The maximum Gasteiger partial charge on any atom is 0.0900 e. The molecule has 2 nitrogen and oxygen atoms in total. The van der Waals surface area contributed by atoms with Gasteiger partial charge in [-0.25, -0.2) is 4.98 Å². The molecule has 1 atom stereocenters. The van der Waals surface area contributed by atoms with E-state index in [-0.39, 0.29) is 5.41 Å². The van der Waals surface area contributed by atoms with E-state index in [9.17, 15) is 0 Å². The van der Waals surface area contributed by atoms with Gasteiger partial charge in [0.2, 0.25) is 0 Å². The first-order valence-corrected chi connectivity index (χ1v) is 8.67. The molecule has 20 heavy (non-hydrogen) atoms. The van der Waals surface area contributed by atoms with Crippen LogP contribution < -0.4 is 5.32 Å². The lowest BCUT2D eigenvalue weighted by atomic mass is 9.95. The fourth-order valence-electron chi connectivity index (χ4n) is 2.17. The quantitative estimate of drug-likeness (QED) is 0.862. The van der Waals surface area contributed by atoms with Gasteiger partial charge in [0.25, 0.3) is 0 Å². The zero-order valence-electron chi connectivity index (χ0n) is 13.2. The summed E-state index contributed by atoms with van der Waals surface area (Å²) >= 11 is 3.71. The van der Waals surface area contributed by atoms with Crippen molar-refractivity contribution in [2.24, 2.45) is 0 Å². The molecule has 2 aromatic rings. The van der Waals surface area contributed by atoms with Crippen LogP contribution in [0.1, 0.15) is 59.1 Å². The average molecular weight is 309 g/mol. The van der Waals surface area contributed by atoms with Crippen molar-refractivity contribution in [3.63, 3.8) is 0 Å². The molecule has 0 aliphatic heterocycles. The SMILES string of the molecule is Cc1nc(C)c(C(C)NCc2ccc(C(C)(C)C)s2)s1. The highest BCUT2D eigenvalue weighted by Gasteiger charge is 2.17. The maximum atomic E-state index is 4.50. The van der Waals surface area contributed by atoms with Gasteiger partial charge >= 0.3 is 0 Å². The molecule has 0 saturated heterocycles. The minimum Gasteiger partial charge on any atom is -0.304 e. The summed E-state index contributed by atoms with van der Waals surface area (Å²) in [4.78, 5) is 8.72. The van der Waals surface area contributed by atoms with Crippen LogP contribution in [0.5, 0.6) is 0 Å². The van der Waals surface area contributed by atoms with Crippen molar-refractivity contribution in [1.29, 1.82) is 0 Å². The first kappa shape index (κ1) is 15.7. The maximum absolute atomic E-state index is 4.50. The summed E-state index contributed by atoms with van der Waals surface area (Å²) < 4.78 is 0. The molecule has 0 fully saturated rings. The molecule has 2 aromatic heterocycles. The molecule has 2 rings (SSSR count). The molecule has 0 aliphatic carbocycles. The Kier molecular flexibility index (Phi) is 4.67. The van der Waals surface area contributed by atoms with E-state index in [0.29, 0.717) is 6.04 Å². The van der Waals surface area contributed by atoms with Gasteiger partial charge in [0.15, 0.2) is 0 Å². The molecule has 1 N–H and O–H groups in total. The summed E-state index contributed by atoms with van der Waals surface area (Å²) in [6, 6.07) is 4.87. The Bertz CT molecular complexity index is 576. The Morgan fingerprint density at radius 1 is 1.20 bits per heavy atom. The highest BCUT2D eigenvalue weighted by atomic mass is 32.1. The lowest BCUT2D eigenvalue weighted by Gasteiger charge is -2.15. The molecule has 0 saturated carbocycles. The fraction of sp³-hybridized carbons (Fsp3) is 0.562. The van der Waals surface area contributed by atoms with E-state index < -0.39 is 0 Å². The van der Waals surface area contributed by atoms with Crippen molar-refractivity contribution in [1.82, 2.24) is 10.3 Å². The molecule has 2 heterocycles. The lowest BCUT2D eigenvalue weighted by molar-refractivity contribution is 0.583. The number of nitrogens with one attached hydrogen (secondary N) is 1. The van der Waals surface area contributed by atoms with Crippen molar-refractivity contribution in [2.45, 2.75) is 59.5 Å². The van der Waals surface area contributed by atoms with Gasteiger partial charge in [0, 0.05) is 27.2 Å². The normalized spacial score (nSPS) is 13.7. The number of nitrogens with zero attached hydrogens (tertiary/aromatic N) is 1. The second kappa shape index (κ2) is 5.96. The summed E-state index contributed by atoms with van der Waals surface area (Å²) in [5, 5.41) is 4.77. The van der Waals surface area contributed by atoms with Crippen molar-refractivity contribution in [3.05, 3.63) is 37.5 Å². The van der Waals surface area contributed by atoms with E-state index >= 15 is 0 Å². The number of thiazole rings is 1. The van der Waals surface area contributed by atoms with E-state index in [1.54, 1.807) is 11.3 Å². The van der Waals surface area contributed by atoms with Crippen molar-refractivity contribution in [3.8, 4) is 0 Å². The third-order valence-electron chi connectivity index (χ3n) is 3.32. The van der Waals surface area contributed by atoms with Crippen molar-refractivity contribution < 1.29 is 0 Å². The average Bonchev–Trinajstić information content (AvgIpc) is 2.92. The number of thiophene rings is 1. The van der Waals surface area contributed by atoms with E-state index in [2.05, 4.69) is 64.0 Å². The van der Waals surface area contributed by atoms with Crippen LogP contribution in [-0.4, -0.2) is 4.98 Å². The Hall–Kier alpha value is -0.710. The van der Waals surface area contributed by atoms with Gasteiger partial charge in [-0.3, -0.25) is 0 Å². The molecule has 1 unspecified atom stereocenters. The minimum atomic E-state index is 0.250. The van der Waals surface area contributed by atoms with Crippen LogP contribution in [0, 0.1) is 13.8 Å². The van der Waals surface area contributed by atoms with Crippen LogP contribution in [0.2, 0.25) is 0 Å². The predicted octanol–water partition coefficient (Wildman–Crippen LogP) is 4.97. The topological polar surface area (TPSA) is 24.9 Å². The molecule has 0 spiro atoms. The third kappa shape index (κ3) is 3.68. The van der Waals surface area contributed by atoms with E-state index in [1.807, 2.05) is 11.3 Å². The predicted molar refractivity (Wildman–Crippen MR) is 89.9 cm³/mol. The van der Waals surface area contributed by atoms with Crippen LogP contribution in [-0.2, 0) is 12.0 Å². The van der Waals surface area contributed by atoms with Gasteiger partial charge in [0.1, 0.15) is 0 Å². The summed E-state index contributed by atoms with van der Waals surface area (Å²) in [6.07, 6.45) is 0. The van der Waals surface area contributed by atoms with E-state index in [0.717, 1.165) is 17.2 Å². The molecule has 0 aromatic carbocycles. The monoisotopic (exact) mass is 308 g/mol. The van der Waals surface area contributed by atoms with Gasteiger partial charge < -0.3 is 5.32 Å². The molecule has 0 radical (unpaired) electrons. The van der Waals surface area contributed by atoms with Crippen molar-refractivity contribution >= 4 is 22.7 Å². The zero-order chi connectivity index (χ0) is 14.9. The highest BCUT2D eigenvalue weighted by Crippen LogP contribution is 2.30. The standard InChI is InChI=1S/C16H24N2S2/c1-10(15-11(2)18-12(3)19-15)17-9-13-7-8-14(20-13)16(4,5)6/h7-8,10,17H,9H2,1-6H3. The van der Waals surface area contributed by atoms with Crippen LogP contribution in [0.3, 0.4) is 0 Å². The van der Waals surface area contributed by atoms with E-state index in [4.69, 9.17) is 0 Å². The minimum absolute atomic E-state index is 0.250. The Balaban J connectivity index is 1.98. The zero-order valence-corrected chi connectivity index (χ0v) is 14.8. The summed E-state index contributed by atoms with van der Waals surface area (Å²) in [6.45, 7) is 14.1. The Morgan fingerprint density at radius 2 is 1.90 bits per heavy atom. The summed E-state index contributed by atoms with van der Waals surface area (Å²) in [7, 11) is 0. The second-order valence-corrected chi connectivity index (χ2v) is 8.70. The smallest absolute Gasteiger partial charge is 0.0900 e. The van der Waals surface area contributed by atoms with Gasteiger partial charge in [-0.15, -0.1) is 22.7 Å². The van der Waals surface area contributed by atoms with E-state index in [1.165, 1.54) is 14.6 Å². The Morgan fingerprint density at radius 3 is 2.40 bits per heavy atom. The molecular weight excluding hydrogens is 284 g/mol. The molecule has 110 valence electrons. The molecular formula is C16H24N2S2. The number of rotatable bonds is 4. The first-order chi connectivity index (χ1) is 9.27. The van der Waals surface area contributed by atoms with Crippen LogP contribution >= 0.6 is 22.7 Å². The van der Waals surface area contributed by atoms with Gasteiger partial charge in [-0.05, 0) is 38.3 Å². The number of hydrogen-bond acceptors (Lipinski definition) is 4. The van der Waals surface area contributed by atoms with Gasteiger partial charge in [0.05, 0.1) is 10.7 Å². The summed E-state index contributed by atoms with van der Waals surface area (Å²) in [5.74, 6) is 0. The second-order valence-electron chi connectivity index (χ2n) is 6.30. The van der Waals surface area contributed by atoms with Gasteiger partial charge in [-0.2, -0.15) is 0 Å². The number of hydrogen-bond donors (Lipinski definition) is 1. The molecule has 0 aliphatic rings. The van der Waals surface area contributed by atoms with Crippen molar-refractivity contribution in [2.75, 3.05) is 0 Å². The fourth-order valence-corrected chi connectivity index (χ4v) is 4.14. The lowest BCUT2D eigenvalue weighted by Crippen LogP contribution is -2.17. The highest BCUT2D eigenvalue weighted by molar-refractivity contribution is 7.12. The third-order valence-corrected chi connectivity index (χ3v) is 6.08. The largest absolute Gasteiger partial charge is 0.304 e. The Labute approximate surface area is 130 Å². The molecule has 0 amide bonds. The van der Waals surface area contributed by atoms with Gasteiger partial charge in [-0.1, -0.05) is 20.8 Å². The number of aryl methyl sites for hydroxylation is 2. The number of aromatic nitrogens is 1. The summed E-state index contributed by atoms with van der Waals surface area (Å²) in [5.41, 5.74) is 1.41. The molecule has 0 bridgehead atoms. The first-order valence-electron chi connectivity index (χ1n) is 7.04. The van der Waals surface area contributed by atoms with Crippen LogP contribution in [0.4, 0.5) is 0 Å².